The molecule has 1 amide bonds. The van der Waals surface area contributed by atoms with Gasteiger partial charge in [0.1, 0.15) is 11.6 Å². The third-order valence-electron chi connectivity index (χ3n) is 4.72. The first-order valence-corrected chi connectivity index (χ1v) is 10.5. The van der Waals surface area contributed by atoms with Crippen molar-refractivity contribution in [1.82, 2.24) is 19.7 Å². The Morgan fingerprint density at radius 2 is 1.97 bits per heavy atom. The highest BCUT2D eigenvalue weighted by molar-refractivity contribution is 7.21. The van der Waals surface area contributed by atoms with Crippen molar-refractivity contribution in [3.63, 3.8) is 0 Å². The van der Waals surface area contributed by atoms with Gasteiger partial charge in [-0.15, -0.1) is 11.3 Å². The fourth-order valence-electron chi connectivity index (χ4n) is 3.20. The van der Waals surface area contributed by atoms with Crippen LogP contribution in [0.2, 0.25) is 0 Å². The van der Waals surface area contributed by atoms with Crippen LogP contribution in [0, 0.1) is 5.82 Å². The van der Waals surface area contributed by atoms with E-state index >= 15 is 0 Å². The fraction of sp³-hybridized carbons (Fsp3) is 0.273. The molecule has 0 saturated carbocycles. The normalized spacial score (nSPS) is 11.8. The number of carbonyl (C=O) groups is 1. The minimum atomic E-state index is -0.377. The number of anilines is 1. The molecule has 1 N–H and O–H groups in total. The molecular formula is C22H22FN5O2S. The van der Waals surface area contributed by atoms with Crippen LogP contribution in [-0.4, -0.2) is 32.8 Å². The van der Waals surface area contributed by atoms with Crippen LogP contribution in [0.5, 0.6) is 0 Å². The van der Waals surface area contributed by atoms with Gasteiger partial charge in [-0.2, -0.15) is 9.78 Å². The highest BCUT2D eigenvalue weighted by Crippen LogP contribution is 2.34. The minimum absolute atomic E-state index is 0.123. The lowest BCUT2D eigenvalue weighted by molar-refractivity contribution is 0.102. The first-order valence-electron chi connectivity index (χ1n) is 9.67. The molecular weight excluding hydrogens is 417 g/mol. The third kappa shape index (κ3) is 4.06. The molecule has 0 atom stereocenters. The van der Waals surface area contributed by atoms with Gasteiger partial charge in [-0.05, 0) is 18.2 Å². The van der Waals surface area contributed by atoms with Crippen molar-refractivity contribution in [3.8, 4) is 5.95 Å². The molecule has 7 nitrogen and oxygen atoms in total. The molecule has 160 valence electrons. The van der Waals surface area contributed by atoms with Gasteiger partial charge in [0.15, 0.2) is 0 Å². The van der Waals surface area contributed by atoms with Gasteiger partial charge in [0.25, 0.3) is 11.9 Å². The zero-order valence-electron chi connectivity index (χ0n) is 17.6. The number of carbonyl (C=O) groups excluding carboxylic acids is 1. The van der Waals surface area contributed by atoms with Crippen LogP contribution in [0.4, 0.5) is 10.2 Å². The number of methoxy groups -OCH3 is 1. The van der Waals surface area contributed by atoms with Gasteiger partial charge in [-0.3, -0.25) is 4.79 Å². The molecule has 0 aliphatic heterocycles. The van der Waals surface area contributed by atoms with Crippen LogP contribution in [0.15, 0.2) is 42.7 Å². The zero-order valence-corrected chi connectivity index (χ0v) is 18.5. The summed E-state index contributed by atoms with van der Waals surface area (Å²) in [6.07, 6.45) is 3.22. The molecule has 3 heterocycles. The standard InChI is InChI=1S/C22H22FN5O2S/c1-22(2,3)16-11-17(28(27-16)21-24-9-6-10-25-21)26-20(29)19-13(12-30-4)18-14(23)7-5-8-15(18)31-19/h5-11H,12H2,1-4H3,(H,26,29). The van der Waals surface area contributed by atoms with Gasteiger partial charge in [-0.1, -0.05) is 26.8 Å². The second-order valence-corrected chi connectivity index (χ2v) is 9.09. The second-order valence-electron chi connectivity index (χ2n) is 8.04. The molecule has 0 aliphatic rings. The highest BCUT2D eigenvalue weighted by Gasteiger charge is 2.25. The number of rotatable bonds is 5. The van der Waals surface area contributed by atoms with Crippen LogP contribution in [-0.2, 0) is 16.8 Å². The van der Waals surface area contributed by atoms with E-state index in [1.165, 1.54) is 29.2 Å². The lowest BCUT2D eigenvalue weighted by Gasteiger charge is -2.13. The monoisotopic (exact) mass is 439 g/mol. The smallest absolute Gasteiger partial charge is 0.267 e. The number of ether oxygens (including phenoxy) is 1. The molecule has 4 aromatic rings. The number of amides is 1. The van der Waals surface area contributed by atoms with E-state index in [1.54, 1.807) is 36.7 Å². The Hall–Kier alpha value is -3.17. The van der Waals surface area contributed by atoms with Gasteiger partial charge in [0, 0.05) is 46.6 Å². The van der Waals surface area contributed by atoms with E-state index in [2.05, 4.69) is 20.4 Å². The van der Waals surface area contributed by atoms with E-state index < -0.39 is 0 Å². The van der Waals surface area contributed by atoms with Crippen molar-refractivity contribution >= 4 is 33.1 Å². The first kappa shape index (κ1) is 21.1. The maximum Gasteiger partial charge on any atom is 0.267 e. The highest BCUT2D eigenvalue weighted by atomic mass is 32.1. The van der Waals surface area contributed by atoms with E-state index in [4.69, 9.17) is 4.74 Å². The van der Waals surface area contributed by atoms with Crippen molar-refractivity contribution < 1.29 is 13.9 Å². The Kier molecular flexibility index (Phi) is 5.55. The van der Waals surface area contributed by atoms with Crippen LogP contribution in [0.25, 0.3) is 16.0 Å². The van der Waals surface area contributed by atoms with Crippen LogP contribution in [0.1, 0.15) is 41.7 Å². The molecule has 1 aromatic carbocycles. The van der Waals surface area contributed by atoms with Crippen LogP contribution >= 0.6 is 11.3 Å². The van der Waals surface area contributed by atoms with Gasteiger partial charge in [0.2, 0.25) is 0 Å². The molecule has 0 bridgehead atoms. The quantitative estimate of drug-likeness (QED) is 0.487. The van der Waals surface area contributed by atoms with Crippen molar-refractivity contribution in [2.45, 2.75) is 32.8 Å². The summed E-state index contributed by atoms with van der Waals surface area (Å²) in [7, 11) is 1.52. The first-order chi connectivity index (χ1) is 14.8. The van der Waals surface area contributed by atoms with Crippen molar-refractivity contribution in [1.29, 1.82) is 0 Å². The van der Waals surface area contributed by atoms with E-state index in [0.717, 1.165) is 5.69 Å². The molecule has 0 unspecified atom stereocenters. The summed E-state index contributed by atoms with van der Waals surface area (Å²) < 4.78 is 21.9. The molecule has 9 heteroatoms. The number of nitrogens with one attached hydrogen (secondary N) is 1. The van der Waals surface area contributed by atoms with Crippen LogP contribution in [0.3, 0.4) is 0 Å². The summed E-state index contributed by atoms with van der Waals surface area (Å²) >= 11 is 1.23. The van der Waals surface area contributed by atoms with E-state index in [-0.39, 0.29) is 23.7 Å². The maximum atomic E-state index is 14.5. The zero-order chi connectivity index (χ0) is 22.2. The molecule has 0 saturated heterocycles. The van der Waals surface area contributed by atoms with Crippen molar-refractivity contribution in [2.75, 3.05) is 12.4 Å². The number of hydrogen-bond acceptors (Lipinski definition) is 6. The Balaban J connectivity index is 1.78. The van der Waals surface area contributed by atoms with E-state index in [1.807, 2.05) is 20.8 Å². The predicted molar refractivity (Wildman–Crippen MR) is 118 cm³/mol. The number of nitrogens with zero attached hydrogens (tertiary/aromatic N) is 4. The van der Waals surface area contributed by atoms with E-state index in [0.29, 0.717) is 32.3 Å². The Morgan fingerprint density at radius 1 is 1.23 bits per heavy atom. The number of hydrogen-bond donors (Lipinski definition) is 1. The van der Waals surface area contributed by atoms with Gasteiger partial charge < -0.3 is 10.1 Å². The summed E-state index contributed by atoms with van der Waals surface area (Å²) in [6, 6.07) is 8.31. The average Bonchev–Trinajstić information content (AvgIpc) is 3.32. The van der Waals surface area contributed by atoms with Crippen molar-refractivity contribution in [2.24, 2.45) is 0 Å². The summed E-state index contributed by atoms with van der Waals surface area (Å²) in [5, 5.41) is 7.93. The second kappa shape index (κ2) is 8.16. The Labute approximate surface area is 182 Å². The predicted octanol–water partition coefficient (Wildman–Crippen LogP) is 4.71. The third-order valence-corrected chi connectivity index (χ3v) is 5.92. The fourth-order valence-corrected chi connectivity index (χ4v) is 4.31. The topological polar surface area (TPSA) is 81.9 Å². The van der Waals surface area contributed by atoms with Gasteiger partial charge in [-0.25, -0.2) is 14.4 Å². The summed E-state index contributed by atoms with van der Waals surface area (Å²) in [5.41, 5.74) is 1.05. The molecule has 4 rings (SSSR count). The molecule has 3 aromatic heterocycles. The summed E-state index contributed by atoms with van der Waals surface area (Å²) in [5.74, 6) is 0.0259. The number of fused-ring (bicyclic) bond motifs is 1. The molecule has 0 spiro atoms. The number of benzene rings is 1. The summed E-state index contributed by atoms with van der Waals surface area (Å²) in [6.45, 7) is 6.21. The van der Waals surface area contributed by atoms with Gasteiger partial charge in [0.05, 0.1) is 17.2 Å². The molecule has 0 radical (unpaired) electrons. The Morgan fingerprint density at radius 3 is 2.65 bits per heavy atom. The van der Waals surface area contributed by atoms with Crippen LogP contribution < -0.4 is 5.32 Å². The van der Waals surface area contributed by atoms with Crippen molar-refractivity contribution in [3.05, 3.63) is 64.7 Å². The van der Waals surface area contributed by atoms with E-state index in [9.17, 15) is 9.18 Å². The lowest BCUT2D eigenvalue weighted by atomic mass is 9.92. The average molecular weight is 440 g/mol. The maximum absolute atomic E-state index is 14.5. The Bertz CT molecular complexity index is 1240. The molecule has 0 fully saturated rings. The largest absolute Gasteiger partial charge is 0.380 e. The number of halogens is 1. The molecule has 31 heavy (non-hydrogen) atoms. The molecule has 0 aliphatic carbocycles. The lowest BCUT2D eigenvalue weighted by Crippen LogP contribution is -2.16. The number of aromatic nitrogens is 4. The minimum Gasteiger partial charge on any atom is -0.380 e. The SMILES string of the molecule is COCc1c(C(=O)Nc2cc(C(C)(C)C)nn2-c2ncccn2)sc2cccc(F)c12. The van der Waals surface area contributed by atoms with Gasteiger partial charge >= 0.3 is 0 Å². The summed E-state index contributed by atoms with van der Waals surface area (Å²) in [4.78, 5) is 22.2. The number of thiophene rings is 1.